The molecule has 0 spiro atoms. The van der Waals surface area contributed by atoms with E-state index in [9.17, 15) is 19.2 Å². The minimum absolute atomic E-state index is 0.0629. The van der Waals surface area contributed by atoms with Crippen molar-refractivity contribution in [1.82, 2.24) is 20.0 Å². The molecule has 1 aromatic rings. The SMILES string of the molecule is O=C(O)CN1CCN(CC#Cc2cccc3c2CN(C2CCC(=O)NC2=O)C3=O)CC1. The number of amides is 3. The van der Waals surface area contributed by atoms with Gasteiger partial charge in [-0.25, -0.2) is 0 Å². The number of carbonyl (C=O) groups excluding carboxylic acids is 3. The monoisotopic (exact) mass is 424 g/mol. The molecule has 1 aromatic carbocycles. The maximum atomic E-state index is 12.9. The molecule has 3 aliphatic rings. The number of carboxylic acids is 1. The number of carboxylic acid groups (broad SMARTS) is 1. The summed E-state index contributed by atoms with van der Waals surface area (Å²) >= 11 is 0. The lowest BCUT2D eigenvalue weighted by atomic mass is 10.0. The number of nitrogens with one attached hydrogen (secondary N) is 1. The van der Waals surface area contributed by atoms with Gasteiger partial charge in [0.15, 0.2) is 0 Å². The molecule has 0 saturated carbocycles. The quantitative estimate of drug-likeness (QED) is 0.495. The third kappa shape index (κ3) is 4.60. The van der Waals surface area contributed by atoms with Crippen molar-refractivity contribution in [3.8, 4) is 11.8 Å². The molecule has 2 saturated heterocycles. The molecule has 0 bridgehead atoms. The molecule has 31 heavy (non-hydrogen) atoms. The fourth-order valence-electron chi connectivity index (χ4n) is 4.25. The van der Waals surface area contributed by atoms with E-state index in [1.54, 1.807) is 12.1 Å². The molecule has 0 radical (unpaired) electrons. The van der Waals surface area contributed by atoms with Crippen molar-refractivity contribution in [2.75, 3.05) is 39.3 Å². The molecule has 1 atom stereocenters. The molecule has 2 N–H and O–H groups in total. The lowest BCUT2D eigenvalue weighted by molar-refractivity contribution is -0.139. The molecule has 0 aromatic heterocycles. The molecule has 162 valence electrons. The highest BCUT2D eigenvalue weighted by Crippen LogP contribution is 2.29. The molecule has 3 amide bonds. The number of benzene rings is 1. The lowest BCUT2D eigenvalue weighted by Gasteiger charge is -2.32. The van der Waals surface area contributed by atoms with Crippen LogP contribution >= 0.6 is 0 Å². The summed E-state index contributed by atoms with van der Waals surface area (Å²) in [6.45, 7) is 3.85. The number of rotatable bonds is 4. The predicted octanol–water partition coefficient (Wildman–Crippen LogP) is -0.499. The van der Waals surface area contributed by atoms with Crippen LogP contribution in [-0.4, -0.2) is 88.8 Å². The van der Waals surface area contributed by atoms with E-state index >= 15 is 0 Å². The number of piperazine rings is 1. The molecule has 4 rings (SSSR count). The van der Waals surface area contributed by atoms with Crippen molar-refractivity contribution in [1.29, 1.82) is 0 Å². The lowest BCUT2D eigenvalue weighted by Crippen LogP contribution is -2.52. The van der Waals surface area contributed by atoms with Crippen LogP contribution in [0.2, 0.25) is 0 Å². The first-order valence-electron chi connectivity index (χ1n) is 10.3. The Morgan fingerprint density at radius 1 is 1.13 bits per heavy atom. The highest BCUT2D eigenvalue weighted by molar-refractivity contribution is 6.05. The molecule has 9 nitrogen and oxygen atoms in total. The van der Waals surface area contributed by atoms with Gasteiger partial charge in [0, 0.05) is 50.3 Å². The van der Waals surface area contributed by atoms with E-state index in [1.807, 2.05) is 11.0 Å². The Balaban J connectivity index is 1.40. The Bertz CT molecular complexity index is 987. The minimum Gasteiger partial charge on any atom is -0.480 e. The fraction of sp³-hybridized carbons (Fsp3) is 0.455. The fourth-order valence-corrected chi connectivity index (χ4v) is 4.25. The minimum atomic E-state index is -0.813. The number of carbonyl (C=O) groups is 4. The highest BCUT2D eigenvalue weighted by Gasteiger charge is 2.39. The zero-order valence-corrected chi connectivity index (χ0v) is 17.1. The number of hydrogen-bond donors (Lipinski definition) is 2. The Morgan fingerprint density at radius 2 is 1.87 bits per heavy atom. The van der Waals surface area contributed by atoms with Gasteiger partial charge in [0.05, 0.1) is 13.1 Å². The average Bonchev–Trinajstić information content (AvgIpc) is 3.06. The van der Waals surface area contributed by atoms with E-state index in [0.717, 1.165) is 24.2 Å². The topological polar surface area (TPSA) is 110 Å². The largest absolute Gasteiger partial charge is 0.480 e. The van der Waals surface area contributed by atoms with Gasteiger partial charge in [-0.2, -0.15) is 0 Å². The van der Waals surface area contributed by atoms with Crippen LogP contribution in [-0.2, 0) is 20.9 Å². The van der Waals surface area contributed by atoms with Gasteiger partial charge in [-0.05, 0) is 24.1 Å². The average molecular weight is 424 g/mol. The Kier molecular flexibility index (Phi) is 6.02. The summed E-state index contributed by atoms with van der Waals surface area (Å²) in [5, 5.41) is 11.2. The molecule has 3 aliphatic heterocycles. The summed E-state index contributed by atoms with van der Waals surface area (Å²) < 4.78 is 0. The number of piperidine rings is 1. The van der Waals surface area contributed by atoms with Crippen molar-refractivity contribution in [2.24, 2.45) is 0 Å². The van der Waals surface area contributed by atoms with Crippen LogP contribution in [0.4, 0.5) is 0 Å². The first-order valence-corrected chi connectivity index (χ1v) is 10.3. The Labute approximate surface area is 180 Å². The predicted molar refractivity (Wildman–Crippen MR) is 110 cm³/mol. The number of imide groups is 1. The summed E-state index contributed by atoms with van der Waals surface area (Å²) in [6, 6.07) is 4.77. The van der Waals surface area contributed by atoms with Crippen LogP contribution in [0.3, 0.4) is 0 Å². The highest BCUT2D eigenvalue weighted by atomic mass is 16.4. The first kappa shape index (κ1) is 21.0. The zero-order chi connectivity index (χ0) is 22.0. The Morgan fingerprint density at radius 3 is 2.58 bits per heavy atom. The molecule has 1 unspecified atom stereocenters. The maximum Gasteiger partial charge on any atom is 0.317 e. The third-order valence-corrected chi connectivity index (χ3v) is 5.93. The van der Waals surface area contributed by atoms with Crippen molar-refractivity contribution in [2.45, 2.75) is 25.4 Å². The van der Waals surface area contributed by atoms with Gasteiger partial charge in [-0.15, -0.1) is 0 Å². The zero-order valence-electron chi connectivity index (χ0n) is 17.1. The number of fused-ring (bicyclic) bond motifs is 1. The molecule has 9 heteroatoms. The van der Waals surface area contributed by atoms with Crippen molar-refractivity contribution < 1.29 is 24.3 Å². The van der Waals surface area contributed by atoms with Crippen molar-refractivity contribution >= 4 is 23.7 Å². The number of nitrogens with zero attached hydrogens (tertiary/aromatic N) is 3. The van der Waals surface area contributed by atoms with Gasteiger partial charge < -0.3 is 10.0 Å². The van der Waals surface area contributed by atoms with E-state index in [0.29, 0.717) is 38.2 Å². The standard InChI is InChI=1S/C22H24N4O5/c27-19-7-6-18(21(30)23-19)26-13-17-15(3-1-5-16(17)22(26)31)4-2-8-24-9-11-25(12-10-24)14-20(28)29/h1,3,5,18H,6-14H2,(H,28,29)(H,23,27,30). The van der Waals surface area contributed by atoms with E-state index in [4.69, 9.17) is 5.11 Å². The van der Waals surface area contributed by atoms with Crippen LogP contribution in [0.25, 0.3) is 0 Å². The van der Waals surface area contributed by atoms with E-state index in [2.05, 4.69) is 22.1 Å². The van der Waals surface area contributed by atoms with Crippen LogP contribution in [0.15, 0.2) is 18.2 Å². The van der Waals surface area contributed by atoms with Crippen LogP contribution < -0.4 is 5.32 Å². The van der Waals surface area contributed by atoms with E-state index in [1.165, 1.54) is 4.90 Å². The molecule has 3 heterocycles. The van der Waals surface area contributed by atoms with Crippen LogP contribution in [0.5, 0.6) is 0 Å². The van der Waals surface area contributed by atoms with Gasteiger partial charge in [0.25, 0.3) is 5.91 Å². The first-order chi connectivity index (χ1) is 14.9. The van der Waals surface area contributed by atoms with Gasteiger partial charge in [0.1, 0.15) is 6.04 Å². The van der Waals surface area contributed by atoms with Crippen molar-refractivity contribution in [3.63, 3.8) is 0 Å². The molecule has 0 aliphatic carbocycles. The van der Waals surface area contributed by atoms with Crippen LogP contribution in [0.1, 0.15) is 34.3 Å². The third-order valence-electron chi connectivity index (χ3n) is 5.93. The number of aliphatic carboxylic acids is 1. The molecule has 2 fully saturated rings. The molecular weight excluding hydrogens is 400 g/mol. The van der Waals surface area contributed by atoms with Gasteiger partial charge in [-0.3, -0.25) is 34.3 Å². The summed E-state index contributed by atoms with van der Waals surface area (Å²) in [5.41, 5.74) is 2.14. The maximum absolute atomic E-state index is 12.9. The second-order valence-electron chi connectivity index (χ2n) is 7.98. The summed E-state index contributed by atoms with van der Waals surface area (Å²) in [5.74, 6) is 4.59. The van der Waals surface area contributed by atoms with Gasteiger partial charge in [-0.1, -0.05) is 17.9 Å². The summed E-state index contributed by atoms with van der Waals surface area (Å²) in [4.78, 5) is 52.9. The second-order valence-corrected chi connectivity index (χ2v) is 7.98. The Hall–Kier alpha value is -3.22. The van der Waals surface area contributed by atoms with E-state index < -0.39 is 17.9 Å². The summed E-state index contributed by atoms with van der Waals surface area (Å²) in [6.07, 6.45) is 0.558. The summed E-state index contributed by atoms with van der Waals surface area (Å²) in [7, 11) is 0. The second kappa shape index (κ2) is 8.88. The van der Waals surface area contributed by atoms with Gasteiger partial charge >= 0.3 is 5.97 Å². The smallest absolute Gasteiger partial charge is 0.317 e. The number of hydrogen-bond acceptors (Lipinski definition) is 6. The van der Waals surface area contributed by atoms with Gasteiger partial charge in [0.2, 0.25) is 11.8 Å². The van der Waals surface area contributed by atoms with Crippen LogP contribution in [0, 0.1) is 11.8 Å². The normalized spacial score (nSPS) is 22.0. The van der Waals surface area contributed by atoms with Crippen molar-refractivity contribution in [3.05, 3.63) is 34.9 Å². The van der Waals surface area contributed by atoms with E-state index in [-0.39, 0.29) is 24.8 Å². The molecular formula is C22H24N4O5.